The third-order valence-electron chi connectivity index (χ3n) is 2.77. The Morgan fingerprint density at radius 2 is 2.00 bits per heavy atom. The van der Waals surface area contributed by atoms with E-state index in [4.69, 9.17) is 0 Å². The second-order valence-electron chi connectivity index (χ2n) is 4.39. The molecule has 1 unspecified atom stereocenters. The fourth-order valence-electron chi connectivity index (χ4n) is 1.79. The summed E-state index contributed by atoms with van der Waals surface area (Å²) in [4.78, 5) is 11.7. The van der Waals surface area contributed by atoms with Gasteiger partial charge in [0.1, 0.15) is 15.9 Å². The molecule has 0 fully saturated rings. The predicted molar refractivity (Wildman–Crippen MR) is 66.7 cm³/mol. The van der Waals surface area contributed by atoms with Crippen LogP contribution in [-0.2, 0) is 14.6 Å². The summed E-state index contributed by atoms with van der Waals surface area (Å²) < 4.78 is 48.7. The molecule has 0 aliphatic carbocycles. The van der Waals surface area contributed by atoms with E-state index in [1.54, 1.807) is 0 Å². The summed E-state index contributed by atoms with van der Waals surface area (Å²) in [7, 11) is -3.23. The first-order valence-electron chi connectivity index (χ1n) is 5.51. The molecule has 8 heteroatoms. The summed E-state index contributed by atoms with van der Waals surface area (Å²) in [5.74, 6) is -2.82. The molecule has 19 heavy (non-hydrogen) atoms. The molecule has 2 N–H and O–H groups in total. The minimum atomic E-state index is -3.23. The van der Waals surface area contributed by atoms with E-state index in [1.807, 2.05) is 0 Å². The lowest BCUT2D eigenvalue weighted by molar-refractivity contribution is -0.117. The minimum Gasteiger partial charge on any atom is -0.369 e. The maximum absolute atomic E-state index is 13.6. The number of anilines is 2. The molecule has 1 heterocycles. The number of benzene rings is 1. The van der Waals surface area contributed by atoms with Gasteiger partial charge in [-0.3, -0.25) is 4.79 Å². The number of carbonyl (C=O) groups excluding carboxylic acids is 1. The molecule has 0 aromatic heterocycles. The van der Waals surface area contributed by atoms with E-state index in [0.29, 0.717) is 0 Å². The van der Waals surface area contributed by atoms with Gasteiger partial charge in [0.25, 0.3) is 0 Å². The second kappa shape index (κ2) is 4.76. The van der Waals surface area contributed by atoms with Gasteiger partial charge in [-0.15, -0.1) is 0 Å². The maximum atomic E-state index is 13.6. The largest absolute Gasteiger partial charge is 0.369 e. The Morgan fingerprint density at radius 1 is 1.32 bits per heavy atom. The monoisotopic (exact) mass is 290 g/mol. The van der Waals surface area contributed by atoms with Crippen molar-refractivity contribution >= 4 is 27.1 Å². The molecule has 0 saturated carbocycles. The van der Waals surface area contributed by atoms with Crippen molar-refractivity contribution in [1.29, 1.82) is 0 Å². The number of fused-ring (bicyclic) bond motifs is 1. The Hall–Kier alpha value is -1.70. The van der Waals surface area contributed by atoms with Gasteiger partial charge in [-0.25, -0.2) is 17.2 Å². The number of hydrogen-bond acceptors (Lipinski definition) is 4. The van der Waals surface area contributed by atoms with Crippen molar-refractivity contribution in [3.63, 3.8) is 0 Å². The van der Waals surface area contributed by atoms with E-state index in [9.17, 15) is 22.0 Å². The Labute approximate surface area is 108 Å². The molecule has 0 bridgehead atoms. The highest BCUT2D eigenvalue weighted by Crippen LogP contribution is 2.31. The molecule has 2 rings (SSSR count). The number of halogens is 2. The van der Waals surface area contributed by atoms with E-state index in [1.165, 1.54) is 6.07 Å². The van der Waals surface area contributed by atoms with Crippen molar-refractivity contribution in [2.45, 2.75) is 12.5 Å². The molecular weight excluding hydrogens is 278 g/mol. The predicted octanol–water partition coefficient (Wildman–Crippen LogP) is 1.13. The average Bonchev–Trinajstić information content (AvgIpc) is 2.31. The molecule has 0 radical (unpaired) electrons. The van der Waals surface area contributed by atoms with Crippen LogP contribution in [0.3, 0.4) is 0 Å². The highest BCUT2D eigenvalue weighted by atomic mass is 32.2. The average molecular weight is 290 g/mol. The molecule has 1 aliphatic rings. The lowest BCUT2D eigenvalue weighted by Crippen LogP contribution is -2.40. The van der Waals surface area contributed by atoms with Gasteiger partial charge in [0.2, 0.25) is 5.91 Å². The zero-order chi connectivity index (χ0) is 14.2. The molecule has 104 valence electrons. The summed E-state index contributed by atoms with van der Waals surface area (Å²) in [6.45, 7) is 0. The zero-order valence-electron chi connectivity index (χ0n) is 10.0. The highest BCUT2D eigenvalue weighted by Gasteiger charge is 2.29. The summed E-state index contributed by atoms with van der Waals surface area (Å²) in [6, 6.07) is 1.25. The smallest absolute Gasteiger partial charge is 0.246 e. The van der Waals surface area contributed by atoms with Gasteiger partial charge >= 0.3 is 0 Å². The van der Waals surface area contributed by atoms with E-state index >= 15 is 0 Å². The summed E-state index contributed by atoms with van der Waals surface area (Å²) in [5.41, 5.74) is -0.0161. The van der Waals surface area contributed by atoms with Crippen LogP contribution in [0.2, 0.25) is 0 Å². The third-order valence-corrected chi connectivity index (χ3v) is 3.74. The van der Waals surface area contributed by atoms with Crippen LogP contribution in [0.5, 0.6) is 0 Å². The van der Waals surface area contributed by atoms with Crippen molar-refractivity contribution in [3.05, 3.63) is 23.8 Å². The van der Waals surface area contributed by atoms with Crippen LogP contribution in [-0.4, -0.2) is 32.4 Å². The lowest BCUT2D eigenvalue weighted by atomic mass is 10.1. The SMILES string of the molecule is CS(=O)(=O)CCC1Nc2c(ccc(F)c2F)NC1=O. The van der Waals surface area contributed by atoms with E-state index < -0.39 is 33.4 Å². The second-order valence-corrected chi connectivity index (χ2v) is 6.65. The number of sulfone groups is 1. The van der Waals surface area contributed by atoms with Crippen LogP contribution >= 0.6 is 0 Å². The molecule has 0 spiro atoms. The molecule has 1 aromatic rings. The first-order valence-corrected chi connectivity index (χ1v) is 7.57. The van der Waals surface area contributed by atoms with Gasteiger partial charge in [0, 0.05) is 6.26 Å². The van der Waals surface area contributed by atoms with Crippen molar-refractivity contribution in [2.24, 2.45) is 0 Å². The standard InChI is InChI=1S/C11H12F2N2O3S/c1-19(17,18)5-4-8-11(16)15-7-3-2-6(12)9(13)10(7)14-8/h2-3,8,14H,4-5H2,1H3,(H,15,16). The van der Waals surface area contributed by atoms with Gasteiger partial charge in [-0.05, 0) is 18.6 Å². The minimum absolute atomic E-state index is 0.0138. The molecule has 1 atom stereocenters. The fourth-order valence-corrected chi connectivity index (χ4v) is 2.45. The Kier molecular flexibility index (Phi) is 3.44. The van der Waals surface area contributed by atoms with E-state index in [2.05, 4.69) is 10.6 Å². The van der Waals surface area contributed by atoms with E-state index in [-0.39, 0.29) is 23.5 Å². The number of rotatable bonds is 3. The number of carbonyl (C=O) groups is 1. The first kappa shape index (κ1) is 13.7. The van der Waals surface area contributed by atoms with Crippen LogP contribution < -0.4 is 10.6 Å². The lowest BCUT2D eigenvalue weighted by Gasteiger charge is -2.27. The number of nitrogens with one attached hydrogen (secondary N) is 2. The fraction of sp³-hybridized carbons (Fsp3) is 0.364. The number of hydrogen-bond donors (Lipinski definition) is 2. The Morgan fingerprint density at radius 3 is 2.63 bits per heavy atom. The molecule has 1 amide bonds. The highest BCUT2D eigenvalue weighted by molar-refractivity contribution is 7.90. The summed E-state index contributed by atoms with van der Waals surface area (Å²) >= 11 is 0. The van der Waals surface area contributed by atoms with Crippen molar-refractivity contribution in [1.82, 2.24) is 0 Å². The Balaban J connectivity index is 2.23. The zero-order valence-corrected chi connectivity index (χ0v) is 10.9. The van der Waals surface area contributed by atoms with Gasteiger partial charge in [-0.2, -0.15) is 0 Å². The first-order chi connectivity index (χ1) is 8.78. The van der Waals surface area contributed by atoms with Crippen LogP contribution in [0.1, 0.15) is 6.42 Å². The normalized spacial score (nSPS) is 18.5. The van der Waals surface area contributed by atoms with E-state index in [0.717, 1.165) is 12.3 Å². The van der Waals surface area contributed by atoms with Crippen molar-refractivity contribution in [3.8, 4) is 0 Å². The third kappa shape index (κ3) is 3.01. The van der Waals surface area contributed by atoms with Crippen LogP contribution in [0.25, 0.3) is 0 Å². The van der Waals surface area contributed by atoms with Crippen LogP contribution in [0.15, 0.2) is 12.1 Å². The Bertz CT molecular complexity index is 631. The molecule has 5 nitrogen and oxygen atoms in total. The van der Waals surface area contributed by atoms with Crippen molar-refractivity contribution < 1.29 is 22.0 Å². The maximum Gasteiger partial charge on any atom is 0.246 e. The number of amides is 1. The molecule has 0 saturated heterocycles. The van der Waals surface area contributed by atoms with Gasteiger partial charge in [0.05, 0.1) is 17.1 Å². The van der Waals surface area contributed by atoms with Crippen molar-refractivity contribution in [2.75, 3.05) is 22.6 Å². The van der Waals surface area contributed by atoms with Crippen LogP contribution in [0, 0.1) is 11.6 Å². The van der Waals surface area contributed by atoms with Gasteiger partial charge in [-0.1, -0.05) is 0 Å². The van der Waals surface area contributed by atoms with Crippen LogP contribution in [0.4, 0.5) is 20.2 Å². The van der Waals surface area contributed by atoms with Gasteiger partial charge < -0.3 is 10.6 Å². The van der Waals surface area contributed by atoms with Gasteiger partial charge in [0.15, 0.2) is 11.6 Å². The quantitative estimate of drug-likeness (QED) is 0.875. The molecular formula is C11H12F2N2O3S. The molecule has 1 aromatic carbocycles. The summed E-state index contributed by atoms with van der Waals surface area (Å²) in [5, 5.41) is 4.95. The molecule has 1 aliphatic heterocycles. The topological polar surface area (TPSA) is 75.3 Å². The summed E-state index contributed by atoms with van der Waals surface area (Å²) in [6.07, 6.45) is 1.03.